The summed E-state index contributed by atoms with van der Waals surface area (Å²) in [7, 11) is 1.68. The number of esters is 1. The van der Waals surface area contributed by atoms with Crippen LogP contribution in [-0.4, -0.2) is 24.3 Å². The Kier molecular flexibility index (Phi) is 5.77. The largest absolute Gasteiger partial charge is 0.496 e. The number of benzene rings is 1. The van der Waals surface area contributed by atoms with Crippen LogP contribution in [0.4, 0.5) is 0 Å². The highest BCUT2D eigenvalue weighted by molar-refractivity contribution is 7.10. The van der Waals surface area contributed by atoms with Crippen molar-refractivity contribution in [1.82, 2.24) is 4.57 Å². The zero-order chi connectivity index (χ0) is 21.3. The lowest BCUT2D eigenvalue weighted by Crippen LogP contribution is -2.26. The molecule has 0 saturated heterocycles. The molecule has 30 heavy (non-hydrogen) atoms. The zero-order valence-corrected chi connectivity index (χ0v) is 18.3. The smallest absolute Gasteiger partial charge is 0.343 e. The Bertz CT molecular complexity index is 1130. The topological polar surface area (TPSA) is 57.5 Å². The highest BCUT2D eigenvalue weighted by Gasteiger charge is 2.29. The fraction of sp³-hybridized carbons (Fsp3) is 0.333. The molecule has 3 heterocycles. The quantitative estimate of drug-likeness (QED) is 0.531. The molecule has 0 aliphatic carbocycles. The van der Waals surface area contributed by atoms with Gasteiger partial charge < -0.3 is 14.0 Å². The highest BCUT2D eigenvalue weighted by atomic mass is 32.1. The van der Waals surface area contributed by atoms with Crippen molar-refractivity contribution >= 4 is 17.3 Å². The number of hydrogen-bond acceptors (Lipinski definition) is 5. The second-order valence-electron chi connectivity index (χ2n) is 7.37. The maximum Gasteiger partial charge on any atom is 0.343 e. The van der Waals surface area contributed by atoms with Gasteiger partial charge in [0.25, 0.3) is 0 Å². The SMILES string of the molecule is CCCc1cc2c(cc1OC)-c1cc(=O)c(C(=O)OCC)cn1C(c1cccs1)C2. The van der Waals surface area contributed by atoms with E-state index in [2.05, 4.69) is 24.4 Å². The van der Waals surface area contributed by atoms with Crippen LogP contribution < -0.4 is 10.2 Å². The Morgan fingerprint density at radius 2 is 2.10 bits per heavy atom. The average molecular weight is 424 g/mol. The molecular weight excluding hydrogens is 398 g/mol. The summed E-state index contributed by atoms with van der Waals surface area (Å²) in [6.07, 6.45) is 4.42. The van der Waals surface area contributed by atoms with Crippen LogP contribution in [0.15, 0.2) is 46.7 Å². The molecule has 1 aliphatic heterocycles. The lowest BCUT2D eigenvalue weighted by Gasteiger charge is -2.31. The van der Waals surface area contributed by atoms with Gasteiger partial charge >= 0.3 is 5.97 Å². The molecule has 6 heteroatoms. The van der Waals surface area contributed by atoms with Gasteiger partial charge in [0.2, 0.25) is 0 Å². The summed E-state index contributed by atoms with van der Waals surface area (Å²) >= 11 is 1.68. The second kappa shape index (κ2) is 8.48. The standard InChI is InChI=1S/C24H25NO4S/c1-4-7-15-10-16-11-20(23-8-6-9-30-23)25-14-18(24(27)29-5-2)21(26)13-19(25)17(16)12-22(15)28-3/h6,8-10,12-14,20H,4-5,7,11H2,1-3H3. The molecule has 0 fully saturated rings. The first kappa shape index (κ1) is 20.4. The summed E-state index contributed by atoms with van der Waals surface area (Å²) in [6.45, 7) is 4.12. The van der Waals surface area contributed by atoms with Gasteiger partial charge in [-0.05, 0) is 48.4 Å². The lowest BCUT2D eigenvalue weighted by atomic mass is 9.89. The maximum absolute atomic E-state index is 12.8. The molecule has 1 unspecified atom stereocenters. The molecule has 1 atom stereocenters. The fourth-order valence-corrected chi connectivity index (χ4v) is 4.97. The Labute approximate surface area is 179 Å². The fourth-order valence-electron chi connectivity index (χ4n) is 4.15. The number of aromatic nitrogens is 1. The van der Waals surface area contributed by atoms with E-state index in [4.69, 9.17) is 9.47 Å². The van der Waals surface area contributed by atoms with Gasteiger partial charge in [0.15, 0.2) is 5.43 Å². The van der Waals surface area contributed by atoms with Crippen LogP contribution in [0, 0.1) is 0 Å². The summed E-state index contributed by atoms with van der Waals surface area (Å²) in [5.74, 6) is 0.253. The number of hydrogen-bond donors (Lipinski definition) is 0. The van der Waals surface area contributed by atoms with E-state index in [9.17, 15) is 9.59 Å². The molecule has 4 rings (SSSR count). The lowest BCUT2D eigenvalue weighted by molar-refractivity contribution is 0.0523. The minimum Gasteiger partial charge on any atom is -0.496 e. The molecule has 0 saturated carbocycles. The molecule has 0 spiro atoms. The first-order valence-electron chi connectivity index (χ1n) is 10.2. The Morgan fingerprint density at radius 3 is 2.77 bits per heavy atom. The van der Waals surface area contributed by atoms with E-state index in [0.29, 0.717) is 0 Å². The number of thiophene rings is 1. The van der Waals surface area contributed by atoms with Crippen LogP contribution in [-0.2, 0) is 17.6 Å². The van der Waals surface area contributed by atoms with Gasteiger partial charge in [-0.2, -0.15) is 0 Å². The Balaban J connectivity index is 1.94. The third kappa shape index (κ3) is 3.56. The van der Waals surface area contributed by atoms with Crippen LogP contribution in [0.5, 0.6) is 5.75 Å². The molecule has 156 valence electrons. The summed E-state index contributed by atoms with van der Waals surface area (Å²) < 4.78 is 12.8. The summed E-state index contributed by atoms with van der Waals surface area (Å²) in [4.78, 5) is 26.3. The number of rotatable bonds is 6. The summed E-state index contributed by atoms with van der Waals surface area (Å²) in [5, 5.41) is 2.05. The van der Waals surface area contributed by atoms with E-state index in [1.54, 1.807) is 37.6 Å². The van der Waals surface area contributed by atoms with Crippen molar-refractivity contribution < 1.29 is 14.3 Å². The number of pyridine rings is 1. The van der Waals surface area contributed by atoms with Crippen LogP contribution in [0.3, 0.4) is 0 Å². The number of nitrogens with zero attached hydrogens (tertiary/aromatic N) is 1. The molecule has 0 bridgehead atoms. The maximum atomic E-state index is 12.8. The van der Waals surface area contributed by atoms with Gasteiger partial charge in [-0.25, -0.2) is 4.79 Å². The number of carbonyl (C=O) groups excluding carboxylic acids is 1. The minimum atomic E-state index is -0.579. The van der Waals surface area contributed by atoms with Crippen molar-refractivity contribution in [3.63, 3.8) is 0 Å². The van der Waals surface area contributed by atoms with E-state index in [0.717, 1.165) is 36.3 Å². The van der Waals surface area contributed by atoms with E-state index >= 15 is 0 Å². The molecule has 0 N–H and O–H groups in total. The number of fused-ring (bicyclic) bond motifs is 3. The van der Waals surface area contributed by atoms with Crippen LogP contribution in [0.1, 0.15) is 52.7 Å². The van der Waals surface area contributed by atoms with Crippen molar-refractivity contribution in [1.29, 1.82) is 0 Å². The number of carbonyl (C=O) groups is 1. The van der Waals surface area contributed by atoms with Crippen molar-refractivity contribution in [3.05, 3.63) is 73.7 Å². The Hall–Kier alpha value is -2.86. The van der Waals surface area contributed by atoms with E-state index in [-0.39, 0.29) is 23.6 Å². The molecule has 2 aromatic heterocycles. The second-order valence-corrected chi connectivity index (χ2v) is 8.35. The van der Waals surface area contributed by atoms with Gasteiger partial charge in [-0.15, -0.1) is 11.3 Å². The molecule has 0 amide bonds. The van der Waals surface area contributed by atoms with Crippen LogP contribution in [0.25, 0.3) is 11.3 Å². The number of ether oxygens (including phenoxy) is 2. The minimum absolute atomic E-state index is 0.0177. The van der Waals surface area contributed by atoms with Gasteiger partial charge in [-0.3, -0.25) is 4.79 Å². The zero-order valence-electron chi connectivity index (χ0n) is 17.4. The molecule has 3 aromatic rings. The molecule has 5 nitrogen and oxygen atoms in total. The molecule has 1 aromatic carbocycles. The van der Waals surface area contributed by atoms with Gasteiger partial charge in [0, 0.05) is 22.7 Å². The monoisotopic (exact) mass is 423 g/mol. The highest BCUT2D eigenvalue weighted by Crippen LogP contribution is 2.41. The van der Waals surface area contributed by atoms with E-state index < -0.39 is 5.97 Å². The van der Waals surface area contributed by atoms with E-state index in [1.165, 1.54) is 16.0 Å². The molecular formula is C24H25NO4S. The normalized spacial score (nSPS) is 14.7. The summed E-state index contributed by atoms with van der Waals surface area (Å²) in [6, 6.07) is 9.95. The first-order valence-corrected chi connectivity index (χ1v) is 11.1. The van der Waals surface area contributed by atoms with Crippen LogP contribution in [0.2, 0.25) is 0 Å². The van der Waals surface area contributed by atoms with Gasteiger partial charge in [-0.1, -0.05) is 25.5 Å². The predicted molar refractivity (Wildman–Crippen MR) is 119 cm³/mol. The van der Waals surface area contributed by atoms with Crippen molar-refractivity contribution in [2.24, 2.45) is 0 Å². The average Bonchev–Trinajstić information content (AvgIpc) is 3.27. The van der Waals surface area contributed by atoms with Gasteiger partial charge in [0.1, 0.15) is 11.3 Å². The number of aryl methyl sites for hydroxylation is 1. The van der Waals surface area contributed by atoms with Gasteiger partial charge in [0.05, 0.1) is 25.5 Å². The van der Waals surface area contributed by atoms with Crippen molar-refractivity contribution in [3.8, 4) is 17.0 Å². The van der Waals surface area contributed by atoms with Crippen molar-refractivity contribution in [2.45, 2.75) is 39.2 Å². The summed E-state index contributed by atoms with van der Waals surface area (Å²) in [5.41, 5.74) is 3.90. The van der Waals surface area contributed by atoms with Crippen LogP contribution >= 0.6 is 11.3 Å². The third-order valence-electron chi connectivity index (χ3n) is 5.50. The molecule has 1 aliphatic rings. The first-order chi connectivity index (χ1) is 14.6. The molecule has 0 radical (unpaired) electrons. The number of methoxy groups -OCH3 is 1. The van der Waals surface area contributed by atoms with Crippen molar-refractivity contribution in [2.75, 3.05) is 13.7 Å². The Morgan fingerprint density at radius 1 is 1.27 bits per heavy atom. The third-order valence-corrected chi connectivity index (χ3v) is 6.47. The predicted octanol–water partition coefficient (Wildman–Crippen LogP) is 4.86. The van der Waals surface area contributed by atoms with E-state index in [1.807, 2.05) is 16.7 Å².